The Labute approximate surface area is 187 Å². The van der Waals surface area contributed by atoms with Crippen LogP contribution in [0.2, 0.25) is 0 Å². The predicted octanol–water partition coefficient (Wildman–Crippen LogP) is 3.40. The van der Waals surface area contributed by atoms with Crippen LogP contribution >= 0.6 is 0 Å². The number of carbonyl (C=O) groups excluding carboxylic acids is 2. The summed E-state index contributed by atoms with van der Waals surface area (Å²) in [5.41, 5.74) is 2.44. The highest BCUT2D eigenvalue weighted by atomic mass is 16.2. The molecular weight excluding hydrogens is 402 g/mol. The van der Waals surface area contributed by atoms with E-state index in [-0.39, 0.29) is 24.4 Å². The summed E-state index contributed by atoms with van der Waals surface area (Å²) in [5, 5.41) is 11.5. The van der Waals surface area contributed by atoms with Crippen molar-refractivity contribution in [3.8, 4) is 0 Å². The fourth-order valence-corrected chi connectivity index (χ4v) is 4.88. The summed E-state index contributed by atoms with van der Waals surface area (Å²) in [6.45, 7) is 0.285. The van der Waals surface area contributed by atoms with Crippen LogP contribution in [0, 0.1) is 0 Å². The number of fused-ring (bicyclic) bond motifs is 1. The molecule has 1 N–H and O–H groups in total. The van der Waals surface area contributed by atoms with Gasteiger partial charge in [0.15, 0.2) is 6.04 Å². The Kier molecular flexibility index (Phi) is 5.71. The Balaban J connectivity index is 1.52. The first kappa shape index (κ1) is 20.4. The van der Waals surface area contributed by atoms with Crippen LogP contribution < -0.4 is 5.32 Å². The molecule has 164 valence electrons. The monoisotopic (exact) mass is 429 g/mol. The third-order valence-electron chi connectivity index (χ3n) is 6.49. The lowest BCUT2D eigenvalue weighted by Gasteiger charge is -2.38. The summed E-state index contributed by atoms with van der Waals surface area (Å²) < 4.78 is 1.68. The largest absolute Gasteiger partial charge is 0.351 e. The minimum Gasteiger partial charge on any atom is -0.351 e. The molecule has 7 heteroatoms. The molecule has 2 heterocycles. The van der Waals surface area contributed by atoms with Crippen molar-refractivity contribution in [2.24, 2.45) is 0 Å². The van der Waals surface area contributed by atoms with E-state index in [1.165, 1.54) is 6.42 Å². The van der Waals surface area contributed by atoms with Crippen molar-refractivity contribution in [3.63, 3.8) is 0 Å². The van der Waals surface area contributed by atoms with Crippen LogP contribution in [0.3, 0.4) is 0 Å². The summed E-state index contributed by atoms with van der Waals surface area (Å²) in [5.74, 6) is -0.272. The molecule has 5 rings (SSSR count). The number of hydrogen-bond donors (Lipinski definition) is 1. The summed E-state index contributed by atoms with van der Waals surface area (Å²) >= 11 is 0. The fourth-order valence-electron chi connectivity index (χ4n) is 4.88. The van der Waals surface area contributed by atoms with Gasteiger partial charge in [0, 0.05) is 6.04 Å². The lowest BCUT2D eigenvalue weighted by molar-refractivity contribution is -0.145. The zero-order valence-corrected chi connectivity index (χ0v) is 17.9. The quantitative estimate of drug-likeness (QED) is 0.674. The topological polar surface area (TPSA) is 80.1 Å². The molecule has 7 nitrogen and oxygen atoms in total. The Morgan fingerprint density at radius 3 is 2.38 bits per heavy atom. The normalized spacial score (nSPS) is 19.9. The molecule has 0 spiro atoms. The molecule has 2 aromatic carbocycles. The number of nitrogens with one attached hydrogen (secondary N) is 1. The van der Waals surface area contributed by atoms with Gasteiger partial charge in [-0.25, -0.2) is 4.68 Å². The predicted molar refractivity (Wildman–Crippen MR) is 119 cm³/mol. The van der Waals surface area contributed by atoms with Crippen molar-refractivity contribution < 1.29 is 9.59 Å². The van der Waals surface area contributed by atoms with E-state index in [9.17, 15) is 9.59 Å². The van der Waals surface area contributed by atoms with E-state index in [1.807, 2.05) is 60.7 Å². The number of amides is 2. The molecule has 2 unspecified atom stereocenters. The van der Waals surface area contributed by atoms with E-state index in [4.69, 9.17) is 0 Å². The van der Waals surface area contributed by atoms with Gasteiger partial charge in [0.1, 0.15) is 6.04 Å². The van der Waals surface area contributed by atoms with E-state index in [2.05, 4.69) is 15.6 Å². The minimum absolute atomic E-state index is 0.121. The second kappa shape index (κ2) is 8.94. The van der Waals surface area contributed by atoms with E-state index in [0.717, 1.165) is 42.5 Å². The number of hydrogen-bond acceptors (Lipinski definition) is 4. The molecule has 1 aliphatic heterocycles. The van der Waals surface area contributed by atoms with Gasteiger partial charge in [0.2, 0.25) is 5.91 Å². The zero-order valence-electron chi connectivity index (χ0n) is 17.9. The van der Waals surface area contributed by atoms with E-state index >= 15 is 0 Å². The average Bonchev–Trinajstić information content (AvgIpc) is 3.29. The molecule has 2 atom stereocenters. The first-order valence-corrected chi connectivity index (χ1v) is 11.3. The zero-order chi connectivity index (χ0) is 21.9. The molecule has 1 aliphatic carbocycles. The number of rotatable bonds is 5. The molecule has 0 radical (unpaired) electrons. The highest BCUT2D eigenvalue weighted by Gasteiger charge is 2.41. The number of carbonyl (C=O) groups is 2. The van der Waals surface area contributed by atoms with Gasteiger partial charge in [-0.15, -0.1) is 5.10 Å². The van der Waals surface area contributed by atoms with Crippen molar-refractivity contribution in [2.45, 2.75) is 56.8 Å². The highest BCUT2D eigenvalue weighted by molar-refractivity contribution is 5.92. The van der Waals surface area contributed by atoms with Gasteiger partial charge in [0.05, 0.1) is 18.4 Å². The van der Waals surface area contributed by atoms with Gasteiger partial charge >= 0.3 is 0 Å². The molecule has 2 amide bonds. The average molecular weight is 430 g/mol. The summed E-state index contributed by atoms with van der Waals surface area (Å²) in [6, 6.07) is 17.9. The molecule has 3 aromatic rings. The van der Waals surface area contributed by atoms with E-state index in [0.29, 0.717) is 0 Å². The van der Waals surface area contributed by atoms with Crippen LogP contribution in [-0.4, -0.2) is 37.7 Å². The van der Waals surface area contributed by atoms with Crippen LogP contribution in [0.1, 0.15) is 61.0 Å². The smallest absolute Gasteiger partial charge is 0.253 e. The standard InChI is InChI=1S/C25H27N5O2/c31-24(27-20-14-8-3-9-15-20)22(18-10-4-1-5-11-18)29-17-21-16-26-28-30(21)23(25(29)32)19-12-6-2-7-13-19/h1-2,4-7,10-13,16,20,22-23H,3,8-9,14-15,17H2,(H,27,31). The molecule has 1 saturated carbocycles. The van der Waals surface area contributed by atoms with Crippen LogP contribution in [0.4, 0.5) is 0 Å². The minimum atomic E-state index is -0.708. The lowest BCUT2D eigenvalue weighted by atomic mass is 9.94. The Hall–Kier alpha value is -3.48. The Morgan fingerprint density at radius 1 is 0.969 bits per heavy atom. The fraction of sp³-hybridized carbons (Fsp3) is 0.360. The van der Waals surface area contributed by atoms with Crippen molar-refractivity contribution in [1.82, 2.24) is 25.2 Å². The van der Waals surface area contributed by atoms with E-state index < -0.39 is 12.1 Å². The maximum Gasteiger partial charge on any atom is 0.253 e. The summed E-state index contributed by atoms with van der Waals surface area (Å²) in [4.78, 5) is 29.1. The summed E-state index contributed by atoms with van der Waals surface area (Å²) in [6.07, 6.45) is 7.13. The van der Waals surface area contributed by atoms with Crippen LogP contribution in [0.5, 0.6) is 0 Å². The molecule has 2 aliphatic rings. The molecule has 1 aromatic heterocycles. The van der Waals surface area contributed by atoms with Crippen LogP contribution in [0.25, 0.3) is 0 Å². The third kappa shape index (κ3) is 3.90. The lowest BCUT2D eigenvalue weighted by Crippen LogP contribution is -2.51. The number of nitrogens with zero attached hydrogens (tertiary/aromatic N) is 4. The van der Waals surface area contributed by atoms with Gasteiger partial charge in [0.25, 0.3) is 5.91 Å². The maximum atomic E-state index is 13.9. The SMILES string of the molecule is O=C(NC1CCCCC1)C(c1ccccc1)N1Cc2cnnn2C(c2ccccc2)C1=O. The van der Waals surface area contributed by atoms with Crippen molar-refractivity contribution >= 4 is 11.8 Å². The Morgan fingerprint density at radius 2 is 1.66 bits per heavy atom. The van der Waals surface area contributed by atoms with Crippen LogP contribution in [-0.2, 0) is 16.1 Å². The molecular formula is C25H27N5O2. The van der Waals surface area contributed by atoms with Gasteiger partial charge in [-0.2, -0.15) is 0 Å². The second-order valence-corrected chi connectivity index (χ2v) is 8.61. The summed E-state index contributed by atoms with van der Waals surface area (Å²) in [7, 11) is 0. The van der Waals surface area contributed by atoms with Crippen molar-refractivity contribution in [1.29, 1.82) is 0 Å². The van der Waals surface area contributed by atoms with Gasteiger partial charge in [-0.05, 0) is 24.0 Å². The second-order valence-electron chi connectivity index (χ2n) is 8.61. The first-order chi connectivity index (χ1) is 15.7. The molecule has 0 saturated heterocycles. The van der Waals surface area contributed by atoms with Crippen molar-refractivity contribution in [2.75, 3.05) is 0 Å². The van der Waals surface area contributed by atoms with Gasteiger partial charge in [-0.3, -0.25) is 9.59 Å². The third-order valence-corrected chi connectivity index (χ3v) is 6.49. The molecule has 0 bridgehead atoms. The highest BCUT2D eigenvalue weighted by Crippen LogP contribution is 2.33. The van der Waals surface area contributed by atoms with Crippen molar-refractivity contribution in [3.05, 3.63) is 83.7 Å². The van der Waals surface area contributed by atoms with Crippen LogP contribution in [0.15, 0.2) is 66.9 Å². The molecule has 32 heavy (non-hydrogen) atoms. The Bertz CT molecular complexity index is 1080. The van der Waals surface area contributed by atoms with E-state index in [1.54, 1.807) is 15.8 Å². The van der Waals surface area contributed by atoms with Gasteiger partial charge in [-0.1, -0.05) is 85.1 Å². The number of benzene rings is 2. The number of aromatic nitrogens is 3. The molecule has 1 fully saturated rings. The van der Waals surface area contributed by atoms with Gasteiger partial charge < -0.3 is 10.2 Å². The first-order valence-electron chi connectivity index (χ1n) is 11.3. The maximum absolute atomic E-state index is 13.9.